The molecule has 3 heterocycles. The zero-order valence-corrected chi connectivity index (χ0v) is 16.9. The summed E-state index contributed by atoms with van der Waals surface area (Å²) < 4.78 is 13.0. The summed E-state index contributed by atoms with van der Waals surface area (Å²) in [4.78, 5) is 14.5. The summed E-state index contributed by atoms with van der Waals surface area (Å²) in [6, 6.07) is 6.47. The molecule has 7 heteroatoms. The fraction of sp³-hybridized carbons (Fsp3) is 0.571. The van der Waals surface area contributed by atoms with Crippen molar-refractivity contribution < 1.29 is 14.3 Å². The Labute approximate surface area is 165 Å². The van der Waals surface area contributed by atoms with Crippen molar-refractivity contribution >= 4 is 5.91 Å². The van der Waals surface area contributed by atoms with Gasteiger partial charge in [0.2, 0.25) is 12.7 Å². The number of fused-ring (bicyclic) bond motifs is 1. The Morgan fingerprint density at radius 2 is 2.07 bits per heavy atom. The summed E-state index contributed by atoms with van der Waals surface area (Å²) in [5, 5.41) is 8.26. The second-order valence-electron chi connectivity index (χ2n) is 8.49. The third-order valence-corrected chi connectivity index (χ3v) is 5.74. The Morgan fingerprint density at radius 3 is 2.89 bits per heavy atom. The molecule has 1 atom stereocenters. The molecular weight excluding hydrogens is 356 g/mol. The van der Waals surface area contributed by atoms with E-state index in [-0.39, 0.29) is 11.3 Å². The fourth-order valence-corrected chi connectivity index (χ4v) is 4.20. The monoisotopic (exact) mass is 384 g/mol. The normalized spacial score (nSPS) is 21.6. The first kappa shape index (κ1) is 18.8. The molecule has 0 radical (unpaired) electrons. The van der Waals surface area contributed by atoms with Crippen molar-refractivity contribution in [2.24, 2.45) is 5.41 Å². The molecule has 0 aliphatic carbocycles. The molecule has 150 valence electrons. The van der Waals surface area contributed by atoms with Gasteiger partial charge in [0, 0.05) is 32.0 Å². The van der Waals surface area contributed by atoms with Gasteiger partial charge in [0.1, 0.15) is 12.2 Å². The summed E-state index contributed by atoms with van der Waals surface area (Å²) in [5.74, 6) is 2.80. The molecule has 0 bridgehead atoms. The van der Waals surface area contributed by atoms with Crippen molar-refractivity contribution in [3.8, 4) is 11.5 Å². The predicted molar refractivity (Wildman–Crippen MR) is 104 cm³/mol. The van der Waals surface area contributed by atoms with Crippen LogP contribution in [0.4, 0.5) is 0 Å². The molecule has 1 aromatic heterocycles. The van der Waals surface area contributed by atoms with Crippen molar-refractivity contribution in [1.82, 2.24) is 19.7 Å². The fourth-order valence-electron chi connectivity index (χ4n) is 4.20. The lowest BCUT2D eigenvalue weighted by atomic mass is 9.76. The summed E-state index contributed by atoms with van der Waals surface area (Å²) in [7, 11) is 0. The van der Waals surface area contributed by atoms with Gasteiger partial charge in [-0.1, -0.05) is 13.0 Å². The highest BCUT2D eigenvalue weighted by molar-refractivity contribution is 5.77. The highest BCUT2D eigenvalue weighted by Gasteiger charge is 2.35. The van der Waals surface area contributed by atoms with E-state index in [9.17, 15) is 4.79 Å². The van der Waals surface area contributed by atoms with E-state index in [1.807, 2.05) is 11.0 Å². The molecule has 1 fully saturated rings. The number of nitrogens with zero attached hydrogens (tertiary/aromatic N) is 4. The van der Waals surface area contributed by atoms with Crippen LogP contribution < -0.4 is 9.47 Å². The van der Waals surface area contributed by atoms with Crippen molar-refractivity contribution in [3.63, 3.8) is 0 Å². The van der Waals surface area contributed by atoms with Gasteiger partial charge in [-0.3, -0.25) is 4.79 Å². The van der Waals surface area contributed by atoms with Crippen LogP contribution in [0.25, 0.3) is 0 Å². The van der Waals surface area contributed by atoms with Crippen LogP contribution in [0.2, 0.25) is 0 Å². The first-order valence-corrected chi connectivity index (χ1v) is 9.98. The number of likely N-dealkylation sites (tertiary alicyclic amines) is 1. The van der Waals surface area contributed by atoms with E-state index in [4.69, 9.17) is 9.47 Å². The number of carbonyl (C=O) groups is 1. The maximum atomic E-state index is 12.5. The van der Waals surface area contributed by atoms with E-state index in [2.05, 4.69) is 47.7 Å². The SMILES string of the molecule is CC(C)n1cnnc1CCN1C[C@@](C)(Cc2ccc3c(c2)OCO3)CCC1=O. The number of hydrogen-bond donors (Lipinski definition) is 0. The molecule has 1 amide bonds. The minimum absolute atomic E-state index is 0.0489. The zero-order valence-electron chi connectivity index (χ0n) is 16.9. The lowest BCUT2D eigenvalue weighted by Gasteiger charge is -2.40. The largest absolute Gasteiger partial charge is 0.454 e. The predicted octanol–water partition coefficient (Wildman–Crippen LogP) is 3.00. The molecule has 2 aromatic rings. The molecule has 28 heavy (non-hydrogen) atoms. The molecule has 0 unspecified atom stereocenters. The van der Waals surface area contributed by atoms with E-state index in [0.29, 0.717) is 25.8 Å². The van der Waals surface area contributed by atoms with E-state index >= 15 is 0 Å². The molecule has 0 N–H and O–H groups in total. The zero-order chi connectivity index (χ0) is 19.7. The highest BCUT2D eigenvalue weighted by Crippen LogP contribution is 2.37. The third kappa shape index (κ3) is 3.84. The lowest BCUT2D eigenvalue weighted by molar-refractivity contribution is -0.137. The van der Waals surface area contributed by atoms with E-state index in [1.54, 1.807) is 6.33 Å². The number of benzene rings is 1. The standard InChI is InChI=1S/C21H28N4O3/c1-15(2)25-13-22-23-19(25)7-9-24-12-21(3,8-6-20(24)26)11-16-4-5-17-18(10-16)28-14-27-17/h4-5,10,13,15H,6-9,11-12,14H2,1-3H3/t21-/m1/s1. The molecule has 2 aliphatic heterocycles. The van der Waals surface area contributed by atoms with Crippen LogP contribution in [0, 0.1) is 5.41 Å². The smallest absolute Gasteiger partial charge is 0.231 e. The summed E-state index contributed by atoms with van der Waals surface area (Å²) in [5.41, 5.74) is 1.27. The summed E-state index contributed by atoms with van der Waals surface area (Å²) >= 11 is 0. The number of amides is 1. The topological polar surface area (TPSA) is 69.5 Å². The van der Waals surface area contributed by atoms with Crippen molar-refractivity contribution in [1.29, 1.82) is 0 Å². The average molecular weight is 384 g/mol. The summed E-state index contributed by atoms with van der Waals surface area (Å²) in [6.45, 7) is 8.23. The molecule has 2 aliphatic rings. The Kier molecular flexibility index (Phi) is 5.00. The number of rotatable bonds is 6. The van der Waals surface area contributed by atoms with Crippen LogP contribution in [0.3, 0.4) is 0 Å². The van der Waals surface area contributed by atoms with Crippen molar-refractivity contribution in [3.05, 3.63) is 35.9 Å². The maximum absolute atomic E-state index is 12.5. The highest BCUT2D eigenvalue weighted by atomic mass is 16.7. The van der Waals surface area contributed by atoms with Crippen LogP contribution in [0.15, 0.2) is 24.5 Å². The molecular formula is C21H28N4O3. The second kappa shape index (κ2) is 7.45. The first-order chi connectivity index (χ1) is 13.4. The molecule has 0 saturated carbocycles. The van der Waals surface area contributed by atoms with Gasteiger partial charge < -0.3 is 18.9 Å². The minimum Gasteiger partial charge on any atom is -0.454 e. The molecule has 7 nitrogen and oxygen atoms in total. The van der Waals surface area contributed by atoms with Crippen molar-refractivity contribution in [2.45, 2.75) is 52.5 Å². The van der Waals surface area contributed by atoms with Crippen LogP contribution in [-0.4, -0.2) is 45.5 Å². The summed E-state index contributed by atoms with van der Waals surface area (Å²) in [6.07, 6.45) is 4.90. The van der Waals surface area contributed by atoms with E-state index < -0.39 is 0 Å². The molecule has 1 aromatic carbocycles. The Bertz CT molecular complexity index is 863. The Hall–Kier alpha value is -2.57. The van der Waals surface area contributed by atoms with Crippen LogP contribution in [0.5, 0.6) is 11.5 Å². The Balaban J connectivity index is 1.42. The number of piperidine rings is 1. The quantitative estimate of drug-likeness (QED) is 0.766. The third-order valence-electron chi connectivity index (χ3n) is 5.74. The maximum Gasteiger partial charge on any atom is 0.231 e. The minimum atomic E-state index is 0.0489. The number of carbonyl (C=O) groups excluding carboxylic acids is 1. The van der Waals surface area contributed by atoms with E-state index in [1.165, 1.54) is 5.56 Å². The average Bonchev–Trinajstić information content (AvgIpc) is 3.31. The van der Waals surface area contributed by atoms with E-state index in [0.717, 1.165) is 43.1 Å². The molecule has 4 rings (SSSR count). The van der Waals surface area contributed by atoms with Gasteiger partial charge in [-0.2, -0.15) is 0 Å². The molecule has 0 spiro atoms. The van der Waals surface area contributed by atoms with Crippen LogP contribution in [0.1, 0.15) is 51.0 Å². The van der Waals surface area contributed by atoms with Crippen LogP contribution in [-0.2, 0) is 17.6 Å². The van der Waals surface area contributed by atoms with Crippen LogP contribution >= 0.6 is 0 Å². The van der Waals surface area contributed by atoms with Gasteiger partial charge in [0.25, 0.3) is 0 Å². The van der Waals surface area contributed by atoms with Gasteiger partial charge in [-0.15, -0.1) is 10.2 Å². The van der Waals surface area contributed by atoms with Crippen molar-refractivity contribution in [2.75, 3.05) is 19.9 Å². The first-order valence-electron chi connectivity index (χ1n) is 9.98. The van der Waals surface area contributed by atoms with Gasteiger partial charge in [0.05, 0.1) is 0 Å². The number of hydrogen-bond acceptors (Lipinski definition) is 5. The number of ether oxygens (including phenoxy) is 2. The van der Waals surface area contributed by atoms with Gasteiger partial charge in [-0.05, 0) is 49.8 Å². The van der Waals surface area contributed by atoms with Gasteiger partial charge in [0.15, 0.2) is 11.5 Å². The lowest BCUT2D eigenvalue weighted by Crippen LogP contribution is -2.47. The second-order valence-corrected chi connectivity index (χ2v) is 8.49. The molecule has 1 saturated heterocycles. The number of aromatic nitrogens is 3. The van der Waals surface area contributed by atoms with Gasteiger partial charge in [-0.25, -0.2) is 0 Å². The van der Waals surface area contributed by atoms with Gasteiger partial charge >= 0.3 is 0 Å². The Morgan fingerprint density at radius 1 is 1.25 bits per heavy atom.